The molecule has 218 valence electrons. The van der Waals surface area contributed by atoms with Crippen LogP contribution in [-0.4, -0.2) is 41.2 Å². The summed E-state index contributed by atoms with van der Waals surface area (Å²) in [6.07, 6.45) is 4.79. The number of rotatable bonds is 7. The number of fused-ring (bicyclic) bond motifs is 1. The van der Waals surface area contributed by atoms with Gasteiger partial charge in [0.2, 0.25) is 5.88 Å². The maximum absolute atomic E-state index is 14.6. The molecule has 2 aliphatic heterocycles. The normalized spacial score (nSPS) is 18.7. The van der Waals surface area contributed by atoms with Gasteiger partial charge in [0.15, 0.2) is 0 Å². The van der Waals surface area contributed by atoms with Crippen molar-refractivity contribution < 1.29 is 27.4 Å². The van der Waals surface area contributed by atoms with Crippen LogP contribution in [0.15, 0.2) is 36.5 Å². The maximum Gasteiger partial charge on any atom is 0.306 e. The molecule has 6 nitrogen and oxygen atoms in total. The Morgan fingerprint density at radius 2 is 1.83 bits per heavy atom. The number of anilines is 1. The van der Waals surface area contributed by atoms with E-state index in [4.69, 9.17) is 9.47 Å². The van der Waals surface area contributed by atoms with Crippen molar-refractivity contribution in [2.45, 2.75) is 65.4 Å². The smallest absolute Gasteiger partial charge is 0.306 e. The van der Waals surface area contributed by atoms with Crippen LogP contribution in [0.1, 0.15) is 57.4 Å². The average Bonchev–Trinajstić information content (AvgIpc) is 3.36. The van der Waals surface area contributed by atoms with Gasteiger partial charge in [0, 0.05) is 37.0 Å². The largest absolute Gasteiger partial charge is 0.477 e. The van der Waals surface area contributed by atoms with Gasteiger partial charge in [-0.3, -0.25) is 4.79 Å². The molecule has 2 aromatic heterocycles. The molecule has 1 fully saturated rings. The molecule has 0 aliphatic carbocycles. The highest BCUT2D eigenvalue weighted by Gasteiger charge is 2.32. The number of nitrogens with zero attached hydrogens (tertiary/aromatic N) is 3. The number of aryl methyl sites for hydroxylation is 2. The van der Waals surface area contributed by atoms with Crippen molar-refractivity contribution in [2.24, 2.45) is 11.8 Å². The molecular weight excluding hydrogens is 531 g/mol. The molecular formula is C32H36F3N3O3. The summed E-state index contributed by atoms with van der Waals surface area (Å²) in [5, 5.41) is 0. The molecule has 5 rings (SSSR count). The number of hydrogen-bond donors (Lipinski definition) is 0. The first kappa shape index (κ1) is 28.9. The third kappa shape index (κ3) is 6.66. The summed E-state index contributed by atoms with van der Waals surface area (Å²) in [7, 11) is 0. The van der Waals surface area contributed by atoms with Crippen LogP contribution in [0, 0.1) is 29.3 Å². The summed E-state index contributed by atoms with van der Waals surface area (Å²) in [5.74, 6) is -1.56. The SMILES string of the molecule is C[C@@H]1C[C@H](CC(=O)OC(C)(C)C)CN(c2c(CCc3ccc(F)c(-c4c(F)cccc4F)n3)cnc3c2CCO3)C1. The molecule has 0 radical (unpaired) electrons. The Labute approximate surface area is 238 Å². The summed E-state index contributed by atoms with van der Waals surface area (Å²) in [6, 6.07) is 6.16. The number of carbonyl (C=O) groups is 1. The van der Waals surface area contributed by atoms with Gasteiger partial charge in [-0.05, 0) is 81.7 Å². The van der Waals surface area contributed by atoms with Crippen molar-refractivity contribution >= 4 is 11.7 Å². The summed E-state index contributed by atoms with van der Waals surface area (Å²) in [5.41, 5.74) is 2.28. The minimum Gasteiger partial charge on any atom is -0.477 e. The molecule has 2 atom stereocenters. The van der Waals surface area contributed by atoms with E-state index < -0.39 is 28.6 Å². The van der Waals surface area contributed by atoms with Gasteiger partial charge in [-0.15, -0.1) is 0 Å². The average molecular weight is 568 g/mol. The van der Waals surface area contributed by atoms with Crippen LogP contribution in [0.2, 0.25) is 0 Å². The molecule has 9 heteroatoms. The standard InChI is InChI=1S/C32H36F3N3O3/c1-19-14-20(15-27(39)41-32(2,3)4)18-38(17-19)30-21(16-36-31-23(30)12-13-40-31)8-9-22-10-11-26(35)29(37-22)28-24(33)6-5-7-25(28)34/h5-7,10-11,16,19-20H,8-9,12-15,17-18H2,1-4H3/t19-,20-/m1/s1. The fourth-order valence-corrected chi connectivity index (χ4v) is 5.96. The highest BCUT2D eigenvalue weighted by molar-refractivity contribution is 5.70. The van der Waals surface area contributed by atoms with Gasteiger partial charge < -0.3 is 14.4 Å². The van der Waals surface area contributed by atoms with Gasteiger partial charge in [0.05, 0.1) is 24.3 Å². The van der Waals surface area contributed by atoms with Gasteiger partial charge >= 0.3 is 5.97 Å². The second-order valence-corrected chi connectivity index (χ2v) is 12.1. The number of benzene rings is 1. The van der Waals surface area contributed by atoms with E-state index in [-0.39, 0.29) is 17.6 Å². The molecule has 1 saturated heterocycles. The zero-order valence-corrected chi connectivity index (χ0v) is 24.0. The molecule has 41 heavy (non-hydrogen) atoms. The second-order valence-electron chi connectivity index (χ2n) is 12.1. The first-order chi connectivity index (χ1) is 19.5. The van der Waals surface area contributed by atoms with Crippen molar-refractivity contribution in [3.05, 3.63) is 70.8 Å². The monoisotopic (exact) mass is 567 g/mol. The van der Waals surface area contributed by atoms with Crippen LogP contribution >= 0.6 is 0 Å². The van der Waals surface area contributed by atoms with Crippen molar-refractivity contribution in [3.8, 4) is 17.1 Å². The van der Waals surface area contributed by atoms with Crippen molar-refractivity contribution in [2.75, 3.05) is 24.6 Å². The number of halogens is 3. The van der Waals surface area contributed by atoms with Crippen molar-refractivity contribution in [1.82, 2.24) is 9.97 Å². The minimum absolute atomic E-state index is 0.143. The second kappa shape index (κ2) is 11.7. The lowest BCUT2D eigenvalue weighted by molar-refractivity contribution is -0.156. The zero-order chi connectivity index (χ0) is 29.3. The molecule has 0 bridgehead atoms. The van der Waals surface area contributed by atoms with Crippen LogP contribution in [0.25, 0.3) is 11.3 Å². The fourth-order valence-electron chi connectivity index (χ4n) is 5.96. The number of aromatic nitrogens is 2. The summed E-state index contributed by atoms with van der Waals surface area (Å²) >= 11 is 0. The molecule has 1 aromatic carbocycles. The Hall–Kier alpha value is -3.62. The number of hydrogen-bond acceptors (Lipinski definition) is 6. The van der Waals surface area contributed by atoms with E-state index in [1.807, 2.05) is 27.0 Å². The molecule has 4 heterocycles. The molecule has 0 saturated carbocycles. The van der Waals surface area contributed by atoms with Gasteiger partial charge in [-0.1, -0.05) is 13.0 Å². The molecule has 0 N–H and O–H groups in total. The predicted octanol–water partition coefficient (Wildman–Crippen LogP) is 6.48. The van der Waals surface area contributed by atoms with Gasteiger partial charge in [0.25, 0.3) is 0 Å². The molecule has 0 unspecified atom stereocenters. The lowest BCUT2D eigenvalue weighted by Gasteiger charge is -2.39. The molecule has 0 spiro atoms. The van der Waals surface area contributed by atoms with Crippen molar-refractivity contribution in [1.29, 1.82) is 0 Å². The van der Waals surface area contributed by atoms with Crippen LogP contribution < -0.4 is 9.64 Å². The third-order valence-corrected chi connectivity index (χ3v) is 7.47. The van der Waals surface area contributed by atoms with Crippen LogP contribution in [0.5, 0.6) is 5.88 Å². The molecule has 3 aromatic rings. The van der Waals surface area contributed by atoms with Crippen LogP contribution in [0.3, 0.4) is 0 Å². The van der Waals surface area contributed by atoms with E-state index >= 15 is 0 Å². The number of carbonyl (C=O) groups excluding carboxylic acids is 1. The lowest BCUT2D eigenvalue weighted by Crippen LogP contribution is -2.42. The van der Waals surface area contributed by atoms with E-state index in [1.54, 1.807) is 6.07 Å². The lowest BCUT2D eigenvalue weighted by atomic mass is 9.87. The molecule has 2 aliphatic rings. The first-order valence-electron chi connectivity index (χ1n) is 14.2. The highest BCUT2D eigenvalue weighted by atomic mass is 19.1. The van der Waals surface area contributed by atoms with E-state index in [0.717, 1.165) is 48.3 Å². The number of esters is 1. The summed E-state index contributed by atoms with van der Waals surface area (Å²) < 4.78 is 54.8. The minimum atomic E-state index is -0.862. The Bertz CT molecular complexity index is 1420. The number of piperidine rings is 1. The topological polar surface area (TPSA) is 64.5 Å². The Balaban J connectivity index is 1.40. The number of pyridine rings is 2. The summed E-state index contributed by atoms with van der Waals surface area (Å²) in [6.45, 7) is 9.91. The summed E-state index contributed by atoms with van der Waals surface area (Å²) in [4.78, 5) is 23.8. The molecule has 0 amide bonds. The van der Waals surface area contributed by atoms with Gasteiger partial charge in [0.1, 0.15) is 28.7 Å². The zero-order valence-electron chi connectivity index (χ0n) is 24.0. The number of ether oxygens (including phenoxy) is 2. The van der Waals surface area contributed by atoms with E-state index in [0.29, 0.717) is 49.9 Å². The Kier molecular flexibility index (Phi) is 8.25. The maximum atomic E-state index is 14.6. The quantitative estimate of drug-likeness (QED) is 0.305. The van der Waals surface area contributed by atoms with E-state index in [1.165, 1.54) is 12.1 Å². The van der Waals surface area contributed by atoms with E-state index in [2.05, 4.69) is 21.8 Å². The van der Waals surface area contributed by atoms with E-state index in [9.17, 15) is 18.0 Å². The first-order valence-corrected chi connectivity index (χ1v) is 14.2. The Morgan fingerprint density at radius 3 is 2.56 bits per heavy atom. The van der Waals surface area contributed by atoms with Crippen LogP contribution in [-0.2, 0) is 28.8 Å². The Morgan fingerprint density at radius 1 is 1.07 bits per heavy atom. The van der Waals surface area contributed by atoms with Crippen LogP contribution in [0.4, 0.5) is 18.9 Å². The highest BCUT2D eigenvalue weighted by Crippen LogP contribution is 2.39. The third-order valence-electron chi connectivity index (χ3n) is 7.47. The predicted molar refractivity (Wildman–Crippen MR) is 150 cm³/mol. The van der Waals surface area contributed by atoms with Gasteiger partial charge in [-0.2, -0.15) is 0 Å². The fraction of sp³-hybridized carbons (Fsp3) is 0.469. The van der Waals surface area contributed by atoms with Crippen molar-refractivity contribution in [3.63, 3.8) is 0 Å². The van der Waals surface area contributed by atoms with Gasteiger partial charge in [-0.25, -0.2) is 23.1 Å².